The molecular weight excluding hydrogens is 1720 g/mol. The molecule has 0 radical (unpaired) electrons. The summed E-state index contributed by atoms with van der Waals surface area (Å²) in [6.45, 7) is 56.1. The minimum Gasteiger partial charge on any atom is -0.200 e. The highest BCUT2D eigenvalue weighted by Gasteiger charge is 2.28. The van der Waals surface area contributed by atoms with Gasteiger partial charge in [0, 0.05) is 58.7 Å². The first kappa shape index (κ1) is 105. The lowest BCUT2D eigenvalue weighted by molar-refractivity contribution is -0.659. The normalized spacial score (nSPS) is 12.3. The SMILES string of the molecule is Cc1cc(C)c(C)c(-c2c3ccc(CC(C)(C)C)cc3cc[n+]2C)c1.Cc1cc(C)c(C)c(-c2c3ccc(CC(C)C)cc3cc[n+]2C)c1.Cc1ccc(C)c(-c2c3ccc(CC(C)(C)C)cc3cc[n+]2C)c1.Cc1ccc(C)c(-c2c3ccc(CC(C)C)cc3cc[n+]2C)c1.Cc1ccccc1-c1c2ccc(C3CCCC3)cc2cc[n+]1C.Cc1ccccc1-c1c2ccc(CC(C)(C)C)cc2cc[n+]1C. The van der Waals surface area contributed by atoms with E-state index in [4.69, 9.17) is 0 Å². The predicted octanol–water partition coefficient (Wildman–Crippen LogP) is 32.5. The summed E-state index contributed by atoms with van der Waals surface area (Å²) in [5.74, 6) is 2.14. The van der Waals surface area contributed by atoms with Gasteiger partial charge in [0.05, 0.1) is 43.4 Å². The topological polar surface area (TPSA) is 23.3 Å². The summed E-state index contributed by atoms with van der Waals surface area (Å²) >= 11 is 0. The molecule has 6 nitrogen and oxygen atoms in total. The Morgan fingerprint density at radius 2 is 0.493 bits per heavy atom. The van der Waals surface area contributed by atoms with Crippen molar-refractivity contribution >= 4 is 64.6 Å². The highest BCUT2D eigenvalue weighted by Crippen LogP contribution is 2.41. The lowest BCUT2D eigenvalue weighted by Gasteiger charge is -2.18. The second kappa shape index (κ2) is 44.7. The molecule has 0 amide bonds. The molecule has 6 heterocycles. The maximum atomic E-state index is 2.42. The van der Waals surface area contributed by atoms with Crippen molar-refractivity contribution in [3.05, 3.63) is 392 Å². The Balaban J connectivity index is 0.000000135. The predicted molar refractivity (Wildman–Crippen MR) is 608 cm³/mol. The van der Waals surface area contributed by atoms with Gasteiger partial charge < -0.3 is 0 Å². The molecule has 1 aliphatic rings. The minimum absolute atomic E-state index is 0.306. The maximum absolute atomic E-state index is 2.42. The maximum Gasteiger partial charge on any atom is 0.220 e. The molecule has 6 aromatic heterocycles. The smallest absolute Gasteiger partial charge is 0.200 e. The van der Waals surface area contributed by atoms with Crippen LogP contribution in [0.1, 0.15) is 222 Å². The summed E-state index contributed by atoms with van der Waals surface area (Å²) < 4.78 is 13.5. The average molecular weight is 1880 g/mol. The Labute approximate surface area is 853 Å². The second-order valence-electron chi connectivity index (χ2n) is 46.3. The molecule has 0 saturated heterocycles. The molecule has 0 atom stereocenters. The Morgan fingerprint density at radius 1 is 0.239 bits per heavy atom. The lowest BCUT2D eigenvalue weighted by atomic mass is 9.87. The fourth-order valence-electron chi connectivity index (χ4n) is 21.6. The number of rotatable bonds is 14. The summed E-state index contributed by atoms with van der Waals surface area (Å²) in [6, 6.07) is 95.2. The summed E-state index contributed by atoms with van der Waals surface area (Å²) in [5, 5.41) is 16.0. The third-order valence-corrected chi connectivity index (χ3v) is 28.7. The molecule has 19 rings (SSSR count). The van der Waals surface area contributed by atoms with Crippen LogP contribution in [0.3, 0.4) is 0 Å². The monoisotopic (exact) mass is 1880 g/mol. The fourth-order valence-corrected chi connectivity index (χ4v) is 21.6. The van der Waals surface area contributed by atoms with Crippen molar-refractivity contribution in [1.82, 2.24) is 0 Å². The van der Waals surface area contributed by atoms with Crippen molar-refractivity contribution in [2.45, 2.75) is 237 Å². The van der Waals surface area contributed by atoms with Crippen LogP contribution < -0.4 is 27.4 Å². The number of aryl methyl sites for hydroxylation is 16. The standard InChI is InChI=1S/C24H30N.2C23H28N.C22H24N.2C22H26N/c1-16-12-17(2)18(3)22(13-16)23-21-9-8-19(15-24(4,5)6)14-20(21)10-11-25(23)7;1-15(2)11-19-7-8-21-20(14-19)9-10-24(6)23(21)22-13-16(3)12-17(4)18(22)5;1-16-7-8-17(2)21(13-16)22-20-10-9-18(15-23(3,4)5)14-19(20)11-12-24(22)6;1-16-7-3-6-10-20(16)22-21-12-11-18(17-8-4-5-9-17)15-19(21)13-14-23(22)2;1-15(2)12-18-8-9-20-19(14-18)10-11-23(5)22(20)21-13-16(3)6-7-17(21)4;1-16-8-6-7-9-19(16)21-20-11-10-17(15-22(2,3)4)14-18(20)12-13-23(21)5/h8-14H,15H2,1-7H3;7-10,12-15H,11H2,1-6H3;7-14H,15H2,1-6H3;3,6-7,10-15,17H,4-5,8-9H2,1-2H3;6-11,13-15H,12H2,1-5H3;6-14H,15H2,1-5H3/q6*+1. The van der Waals surface area contributed by atoms with Gasteiger partial charge in [-0.1, -0.05) is 271 Å². The zero-order valence-corrected chi connectivity index (χ0v) is 92.0. The van der Waals surface area contributed by atoms with Crippen molar-refractivity contribution in [3.63, 3.8) is 0 Å². The largest absolute Gasteiger partial charge is 0.220 e. The van der Waals surface area contributed by atoms with Crippen molar-refractivity contribution < 1.29 is 27.4 Å². The van der Waals surface area contributed by atoms with Gasteiger partial charge in [-0.2, -0.15) is 0 Å². The van der Waals surface area contributed by atoms with Crippen molar-refractivity contribution in [2.24, 2.45) is 70.4 Å². The van der Waals surface area contributed by atoms with Crippen molar-refractivity contribution in [2.75, 3.05) is 0 Å². The van der Waals surface area contributed by atoms with Crippen LogP contribution in [0.4, 0.5) is 0 Å². The molecule has 12 aromatic carbocycles. The van der Waals surface area contributed by atoms with E-state index in [0.29, 0.717) is 28.1 Å². The first-order chi connectivity index (χ1) is 67.3. The van der Waals surface area contributed by atoms with Crippen molar-refractivity contribution in [1.29, 1.82) is 0 Å². The van der Waals surface area contributed by atoms with E-state index in [1.807, 2.05) is 0 Å². The molecule has 1 aliphatic carbocycles. The quantitative estimate of drug-likeness (QED) is 0.0969. The van der Waals surface area contributed by atoms with Crippen LogP contribution in [0.2, 0.25) is 0 Å². The molecule has 0 unspecified atom stereocenters. The van der Waals surface area contributed by atoms with Crippen LogP contribution in [-0.2, 0) is 74.4 Å². The summed E-state index contributed by atoms with van der Waals surface area (Å²) in [6.07, 6.45) is 24.2. The molecule has 0 spiro atoms. The number of nitrogens with zero attached hydrogens (tertiary/aromatic N) is 6. The number of benzene rings is 12. The van der Waals surface area contributed by atoms with E-state index in [2.05, 4.69) is 535 Å². The van der Waals surface area contributed by atoms with Crippen LogP contribution in [0.5, 0.6) is 0 Å². The Hall–Kier alpha value is -12.9. The third kappa shape index (κ3) is 25.6. The van der Waals surface area contributed by atoms with Gasteiger partial charge in [-0.25, -0.2) is 27.4 Å². The molecule has 1 saturated carbocycles. The van der Waals surface area contributed by atoms with Gasteiger partial charge in [-0.05, 0) is 345 Å². The van der Waals surface area contributed by atoms with Gasteiger partial charge in [-0.3, -0.25) is 0 Å². The molecule has 730 valence electrons. The molecule has 1 fully saturated rings. The molecule has 142 heavy (non-hydrogen) atoms. The number of pyridine rings is 6. The Bertz CT molecular complexity index is 7650. The van der Waals surface area contributed by atoms with Crippen LogP contribution >= 0.6 is 0 Å². The zero-order chi connectivity index (χ0) is 102. The van der Waals surface area contributed by atoms with Gasteiger partial charge >= 0.3 is 0 Å². The number of hydrogen-bond acceptors (Lipinski definition) is 0. The van der Waals surface area contributed by atoms with E-state index in [1.54, 1.807) is 0 Å². The summed E-state index contributed by atoms with van der Waals surface area (Å²) in [4.78, 5) is 0. The van der Waals surface area contributed by atoms with E-state index in [1.165, 1.54) is 258 Å². The molecule has 6 heteroatoms. The Kier molecular flexibility index (Phi) is 33.0. The van der Waals surface area contributed by atoms with E-state index in [-0.39, 0.29) is 0 Å². The minimum atomic E-state index is 0.306. The molecule has 18 aromatic rings. The first-order valence-electron chi connectivity index (χ1n) is 52.2. The molecule has 0 bridgehead atoms. The number of aromatic nitrogens is 6. The van der Waals surface area contributed by atoms with Crippen LogP contribution in [0, 0.1) is 111 Å². The van der Waals surface area contributed by atoms with E-state index >= 15 is 0 Å². The fraction of sp³-hybridized carbons (Fsp3) is 0.338. The number of fused-ring (bicyclic) bond motifs is 6. The molecule has 0 N–H and O–H groups in total. The van der Waals surface area contributed by atoms with Gasteiger partial charge in [0.1, 0.15) is 42.3 Å². The van der Waals surface area contributed by atoms with E-state index in [0.717, 1.165) is 38.0 Å². The highest BCUT2D eigenvalue weighted by molar-refractivity contribution is 5.99. The van der Waals surface area contributed by atoms with Crippen LogP contribution in [0.15, 0.2) is 292 Å². The lowest BCUT2D eigenvalue weighted by Crippen LogP contribution is -2.30. The third-order valence-electron chi connectivity index (χ3n) is 28.7. The Morgan fingerprint density at radius 3 is 0.789 bits per heavy atom. The molecule has 0 aliphatic heterocycles. The van der Waals surface area contributed by atoms with E-state index in [9.17, 15) is 0 Å². The van der Waals surface area contributed by atoms with Gasteiger partial charge in [0.15, 0.2) is 37.2 Å². The van der Waals surface area contributed by atoms with Crippen LogP contribution in [-0.4, -0.2) is 0 Å². The first-order valence-corrected chi connectivity index (χ1v) is 52.2. The highest BCUT2D eigenvalue weighted by atomic mass is 14.9. The van der Waals surface area contributed by atoms with Gasteiger partial charge in [0.2, 0.25) is 34.2 Å². The summed E-state index contributed by atoms with van der Waals surface area (Å²) in [7, 11) is 12.8. The summed E-state index contributed by atoms with van der Waals surface area (Å²) in [5.41, 5.74) is 41.4. The van der Waals surface area contributed by atoms with Crippen molar-refractivity contribution in [3.8, 4) is 67.5 Å². The van der Waals surface area contributed by atoms with Gasteiger partial charge in [0.25, 0.3) is 0 Å². The zero-order valence-electron chi connectivity index (χ0n) is 92.0. The average Bonchev–Trinajstić information content (AvgIpc) is 1.70. The van der Waals surface area contributed by atoms with Crippen LogP contribution in [0.25, 0.3) is 132 Å². The number of hydrogen-bond donors (Lipinski definition) is 0. The molecular formula is C136H162N6+6. The van der Waals surface area contributed by atoms with Gasteiger partial charge in [-0.15, -0.1) is 0 Å². The second-order valence-corrected chi connectivity index (χ2v) is 46.3. The van der Waals surface area contributed by atoms with E-state index < -0.39 is 0 Å².